The summed E-state index contributed by atoms with van der Waals surface area (Å²) in [5, 5.41) is 13.3. The number of aryl methyl sites for hydroxylation is 2. The van der Waals surface area contributed by atoms with Gasteiger partial charge in [0, 0.05) is 11.4 Å². The van der Waals surface area contributed by atoms with E-state index in [1.807, 2.05) is 18.2 Å². The Hall–Kier alpha value is -3.58. The molecule has 0 spiro atoms. The van der Waals surface area contributed by atoms with Crippen LogP contribution in [0.3, 0.4) is 0 Å². The standard InChI is InChI=1S/C25H24N6S/c1-17-8-11-19(12-9-17)26-15-24-29-30-25(31(24)20-6-4-3-5-7-20)32-16-23-27-21-13-10-18(2)14-22(21)28-23/h3-14,26H,15-16H2,1-2H3,(H,27,28). The number of anilines is 1. The lowest BCUT2D eigenvalue weighted by Crippen LogP contribution is -2.08. The molecule has 0 fully saturated rings. The number of imidazole rings is 1. The van der Waals surface area contributed by atoms with Gasteiger partial charge < -0.3 is 10.3 Å². The summed E-state index contributed by atoms with van der Waals surface area (Å²) in [6.07, 6.45) is 0. The summed E-state index contributed by atoms with van der Waals surface area (Å²) in [6.45, 7) is 4.75. The van der Waals surface area contributed by atoms with Crippen molar-refractivity contribution in [2.75, 3.05) is 5.32 Å². The number of aromatic amines is 1. The lowest BCUT2D eigenvalue weighted by molar-refractivity contribution is 0.840. The normalized spacial score (nSPS) is 11.2. The third-order valence-electron chi connectivity index (χ3n) is 5.24. The second-order valence-corrected chi connectivity index (χ2v) is 8.72. The first-order valence-corrected chi connectivity index (χ1v) is 11.5. The molecular formula is C25H24N6S. The van der Waals surface area contributed by atoms with Gasteiger partial charge in [-0.15, -0.1) is 10.2 Å². The summed E-state index contributed by atoms with van der Waals surface area (Å²) in [5.74, 6) is 2.47. The minimum atomic E-state index is 0.579. The van der Waals surface area contributed by atoms with Crippen LogP contribution in [0.15, 0.2) is 78.0 Å². The van der Waals surface area contributed by atoms with Crippen molar-refractivity contribution in [2.45, 2.75) is 31.3 Å². The molecular weight excluding hydrogens is 416 g/mol. The van der Waals surface area contributed by atoms with E-state index in [0.717, 1.165) is 39.2 Å². The van der Waals surface area contributed by atoms with E-state index in [-0.39, 0.29) is 0 Å². The van der Waals surface area contributed by atoms with Crippen molar-refractivity contribution in [2.24, 2.45) is 0 Å². The molecule has 0 amide bonds. The Kier molecular flexibility index (Phi) is 5.64. The average Bonchev–Trinajstić information content (AvgIpc) is 3.41. The molecule has 0 atom stereocenters. The number of fused-ring (bicyclic) bond motifs is 1. The second-order valence-electron chi connectivity index (χ2n) is 7.78. The van der Waals surface area contributed by atoms with Gasteiger partial charge in [-0.1, -0.05) is 53.7 Å². The van der Waals surface area contributed by atoms with Gasteiger partial charge in [0.25, 0.3) is 0 Å². The van der Waals surface area contributed by atoms with E-state index >= 15 is 0 Å². The van der Waals surface area contributed by atoms with Gasteiger partial charge in [-0.05, 0) is 55.8 Å². The Bertz CT molecular complexity index is 1340. The number of nitrogens with zero attached hydrogens (tertiary/aromatic N) is 4. The topological polar surface area (TPSA) is 71.4 Å². The van der Waals surface area contributed by atoms with Crippen molar-refractivity contribution in [3.8, 4) is 5.69 Å². The zero-order valence-electron chi connectivity index (χ0n) is 18.0. The second kappa shape index (κ2) is 8.88. The highest BCUT2D eigenvalue weighted by atomic mass is 32.2. The van der Waals surface area contributed by atoms with Gasteiger partial charge in [-0.25, -0.2) is 4.98 Å². The minimum Gasteiger partial charge on any atom is -0.378 e. The predicted molar refractivity (Wildman–Crippen MR) is 130 cm³/mol. The van der Waals surface area contributed by atoms with E-state index in [9.17, 15) is 0 Å². The first kappa shape index (κ1) is 20.3. The predicted octanol–water partition coefficient (Wildman–Crippen LogP) is 5.66. The molecule has 2 heterocycles. The largest absolute Gasteiger partial charge is 0.378 e. The van der Waals surface area contributed by atoms with Gasteiger partial charge in [-0.2, -0.15) is 0 Å². The van der Waals surface area contributed by atoms with Crippen molar-refractivity contribution < 1.29 is 0 Å². The highest BCUT2D eigenvalue weighted by molar-refractivity contribution is 7.98. The van der Waals surface area contributed by atoms with Crippen LogP contribution in [-0.4, -0.2) is 24.7 Å². The summed E-state index contributed by atoms with van der Waals surface area (Å²) in [5.41, 5.74) is 6.61. The first-order valence-electron chi connectivity index (χ1n) is 10.5. The number of para-hydroxylation sites is 1. The summed E-state index contributed by atoms with van der Waals surface area (Å²) < 4.78 is 2.11. The van der Waals surface area contributed by atoms with Gasteiger partial charge in [-0.3, -0.25) is 4.57 Å². The van der Waals surface area contributed by atoms with Crippen molar-refractivity contribution in [1.82, 2.24) is 24.7 Å². The van der Waals surface area contributed by atoms with Gasteiger partial charge in [0.1, 0.15) is 5.82 Å². The molecule has 0 saturated heterocycles. The molecule has 0 bridgehead atoms. The number of hydrogen-bond acceptors (Lipinski definition) is 5. The molecule has 2 N–H and O–H groups in total. The molecule has 5 aromatic rings. The molecule has 2 aromatic heterocycles. The van der Waals surface area contributed by atoms with E-state index in [4.69, 9.17) is 4.98 Å². The smallest absolute Gasteiger partial charge is 0.196 e. The number of thioether (sulfide) groups is 1. The number of hydrogen-bond donors (Lipinski definition) is 2. The van der Waals surface area contributed by atoms with Crippen molar-refractivity contribution in [3.63, 3.8) is 0 Å². The van der Waals surface area contributed by atoms with E-state index in [1.165, 1.54) is 11.1 Å². The van der Waals surface area contributed by atoms with E-state index in [2.05, 4.69) is 93.5 Å². The SMILES string of the molecule is Cc1ccc(NCc2nnc(SCc3nc4ccc(C)cc4[nH]3)n2-c2ccccc2)cc1. The summed E-state index contributed by atoms with van der Waals surface area (Å²) >= 11 is 1.63. The lowest BCUT2D eigenvalue weighted by Gasteiger charge is -2.11. The van der Waals surface area contributed by atoms with Crippen LogP contribution in [0.2, 0.25) is 0 Å². The molecule has 3 aromatic carbocycles. The maximum Gasteiger partial charge on any atom is 0.196 e. The average molecular weight is 441 g/mol. The summed E-state index contributed by atoms with van der Waals surface area (Å²) in [4.78, 5) is 8.14. The Morgan fingerprint density at radius 1 is 0.906 bits per heavy atom. The van der Waals surface area contributed by atoms with Gasteiger partial charge in [0.15, 0.2) is 11.0 Å². The van der Waals surface area contributed by atoms with Crippen molar-refractivity contribution in [1.29, 1.82) is 0 Å². The molecule has 0 aliphatic carbocycles. The van der Waals surface area contributed by atoms with Gasteiger partial charge in [0.05, 0.1) is 23.3 Å². The highest BCUT2D eigenvalue weighted by Gasteiger charge is 2.15. The third kappa shape index (κ3) is 4.38. The van der Waals surface area contributed by atoms with Crippen LogP contribution in [0.25, 0.3) is 16.7 Å². The van der Waals surface area contributed by atoms with Crippen molar-refractivity contribution in [3.05, 3.63) is 95.6 Å². The van der Waals surface area contributed by atoms with E-state index < -0.39 is 0 Å². The maximum absolute atomic E-state index is 4.72. The highest BCUT2D eigenvalue weighted by Crippen LogP contribution is 2.26. The fourth-order valence-corrected chi connectivity index (χ4v) is 4.42. The third-order valence-corrected chi connectivity index (χ3v) is 6.18. The quantitative estimate of drug-likeness (QED) is 0.319. The number of benzene rings is 3. The van der Waals surface area contributed by atoms with Crippen LogP contribution >= 0.6 is 11.8 Å². The van der Waals surface area contributed by atoms with E-state index in [0.29, 0.717) is 12.3 Å². The summed E-state index contributed by atoms with van der Waals surface area (Å²) in [6, 6.07) is 24.8. The van der Waals surface area contributed by atoms with Gasteiger partial charge >= 0.3 is 0 Å². The molecule has 0 aliphatic heterocycles. The number of H-pyrrole nitrogens is 1. The maximum atomic E-state index is 4.72. The van der Waals surface area contributed by atoms with Crippen molar-refractivity contribution >= 4 is 28.5 Å². The Morgan fingerprint density at radius 3 is 2.50 bits per heavy atom. The molecule has 7 heteroatoms. The number of rotatable bonds is 7. The molecule has 160 valence electrons. The van der Waals surface area contributed by atoms with Crippen LogP contribution in [0.4, 0.5) is 5.69 Å². The lowest BCUT2D eigenvalue weighted by atomic mass is 10.2. The number of aromatic nitrogens is 5. The van der Waals surface area contributed by atoms with Crippen LogP contribution < -0.4 is 5.32 Å². The zero-order valence-corrected chi connectivity index (χ0v) is 18.9. The fourth-order valence-electron chi connectivity index (χ4n) is 3.57. The molecule has 6 nitrogen and oxygen atoms in total. The molecule has 0 unspecified atom stereocenters. The molecule has 0 saturated carbocycles. The summed E-state index contributed by atoms with van der Waals surface area (Å²) in [7, 11) is 0. The Labute approximate surface area is 191 Å². The molecule has 5 rings (SSSR count). The number of nitrogens with one attached hydrogen (secondary N) is 2. The molecule has 0 radical (unpaired) electrons. The Morgan fingerprint density at radius 2 is 1.69 bits per heavy atom. The van der Waals surface area contributed by atoms with Crippen LogP contribution in [-0.2, 0) is 12.3 Å². The van der Waals surface area contributed by atoms with Crippen LogP contribution in [0.5, 0.6) is 0 Å². The Balaban J connectivity index is 1.39. The monoisotopic (exact) mass is 440 g/mol. The molecule has 32 heavy (non-hydrogen) atoms. The van der Waals surface area contributed by atoms with E-state index in [1.54, 1.807) is 11.8 Å². The minimum absolute atomic E-state index is 0.579. The zero-order chi connectivity index (χ0) is 21.9. The van der Waals surface area contributed by atoms with Crippen LogP contribution in [0, 0.1) is 13.8 Å². The van der Waals surface area contributed by atoms with Crippen LogP contribution in [0.1, 0.15) is 22.8 Å². The first-order chi connectivity index (χ1) is 15.7. The van der Waals surface area contributed by atoms with Gasteiger partial charge in [0.2, 0.25) is 0 Å². The fraction of sp³-hybridized carbons (Fsp3) is 0.160. The molecule has 0 aliphatic rings.